The van der Waals surface area contributed by atoms with Crippen LogP contribution in [0.5, 0.6) is 11.5 Å². The highest BCUT2D eigenvalue weighted by atomic mass is 35.5. The Hall–Kier alpha value is -3.35. The summed E-state index contributed by atoms with van der Waals surface area (Å²) in [6, 6.07) is 16.2. The number of nitrogens with zero attached hydrogens (tertiary/aromatic N) is 1. The fourth-order valence-electron chi connectivity index (χ4n) is 3.00. The first-order valence-corrected chi connectivity index (χ1v) is 10.2. The lowest BCUT2D eigenvalue weighted by molar-refractivity contribution is -0.129. The van der Waals surface area contributed by atoms with Crippen molar-refractivity contribution < 1.29 is 23.4 Å². The van der Waals surface area contributed by atoms with Gasteiger partial charge in [0, 0.05) is 15.6 Å². The van der Waals surface area contributed by atoms with Crippen LogP contribution in [-0.4, -0.2) is 19.0 Å². The van der Waals surface area contributed by atoms with Crippen molar-refractivity contribution in [3.63, 3.8) is 0 Å². The Morgan fingerprint density at radius 1 is 1.06 bits per heavy atom. The first-order valence-electron chi connectivity index (χ1n) is 9.47. The van der Waals surface area contributed by atoms with Crippen molar-refractivity contribution in [2.75, 3.05) is 7.11 Å². The summed E-state index contributed by atoms with van der Waals surface area (Å²) < 4.78 is 30.3. The van der Waals surface area contributed by atoms with E-state index in [1.54, 1.807) is 48.5 Å². The highest BCUT2D eigenvalue weighted by Crippen LogP contribution is 2.31. The molecule has 0 unspecified atom stereocenters. The number of hydrogen-bond acceptors (Lipinski definition) is 5. The van der Waals surface area contributed by atoms with Crippen LogP contribution in [0.25, 0.3) is 6.08 Å². The first kappa shape index (κ1) is 21.9. The predicted octanol–water partition coefficient (Wildman–Crippen LogP) is 6.06. The van der Waals surface area contributed by atoms with Gasteiger partial charge < -0.3 is 14.2 Å². The minimum atomic E-state index is -0.667. The van der Waals surface area contributed by atoms with Crippen LogP contribution < -0.4 is 9.47 Å². The lowest BCUT2D eigenvalue weighted by Crippen LogP contribution is -2.07. The molecule has 0 saturated carbocycles. The van der Waals surface area contributed by atoms with Gasteiger partial charge in [0.05, 0.1) is 12.7 Å². The second-order valence-electron chi connectivity index (χ2n) is 6.75. The molecule has 162 valence electrons. The molecule has 0 N–H and O–H groups in total. The summed E-state index contributed by atoms with van der Waals surface area (Å²) in [5, 5.41) is 1.04. The van der Waals surface area contributed by atoms with Crippen molar-refractivity contribution in [3.05, 3.63) is 98.9 Å². The first-order chi connectivity index (χ1) is 15.4. The Morgan fingerprint density at radius 3 is 2.62 bits per heavy atom. The maximum Gasteiger partial charge on any atom is 0.363 e. The van der Waals surface area contributed by atoms with Gasteiger partial charge in [-0.25, -0.2) is 14.2 Å². The lowest BCUT2D eigenvalue weighted by atomic mass is 10.1. The Morgan fingerprint density at radius 2 is 1.88 bits per heavy atom. The molecule has 0 spiro atoms. The summed E-state index contributed by atoms with van der Waals surface area (Å²) in [4.78, 5) is 16.3. The minimum Gasteiger partial charge on any atom is -0.493 e. The molecule has 5 nitrogen and oxygen atoms in total. The Labute approximate surface area is 193 Å². The molecule has 32 heavy (non-hydrogen) atoms. The molecule has 4 rings (SSSR count). The number of halogens is 3. The molecule has 0 fully saturated rings. The van der Waals surface area contributed by atoms with Crippen LogP contribution in [0.3, 0.4) is 0 Å². The topological polar surface area (TPSA) is 57.1 Å². The zero-order valence-electron chi connectivity index (χ0n) is 16.8. The molecule has 1 aliphatic rings. The predicted molar refractivity (Wildman–Crippen MR) is 121 cm³/mol. The van der Waals surface area contributed by atoms with E-state index in [9.17, 15) is 9.18 Å². The number of carbonyl (C=O) groups excluding carboxylic acids is 1. The van der Waals surface area contributed by atoms with Gasteiger partial charge in [-0.15, -0.1) is 0 Å². The molecular weight excluding hydrogens is 456 g/mol. The van der Waals surface area contributed by atoms with Crippen molar-refractivity contribution in [3.8, 4) is 11.5 Å². The molecular formula is C24H16Cl2FNO4. The molecule has 1 aliphatic heterocycles. The Bertz CT molecular complexity index is 1260. The zero-order valence-corrected chi connectivity index (χ0v) is 18.3. The van der Waals surface area contributed by atoms with Gasteiger partial charge in [-0.3, -0.25) is 0 Å². The van der Waals surface area contributed by atoms with Crippen LogP contribution in [0.1, 0.15) is 16.7 Å². The van der Waals surface area contributed by atoms with Gasteiger partial charge in [-0.2, -0.15) is 0 Å². The lowest BCUT2D eigenvalue weighted by Gasteiger charge is -2.12. The third-order valence-electron chi connectivity index (χ3n) is 4.61. The van der Waals surface area contributed by atoms with Crippen molar-refractivity contribution >= 4 is 41.1 Å². The van der Waals surface area contributed by atoms with Gasteiger partial charge in [0.25, 0.3) is 0 Å². The molecule has 0 bridgehead atoms. The summed E-state index contributed by atoms with van der Waals surface area (Å²) in [6.07, 6.45) is 1.53. The summed E-state index contributed by atoms with van der Waals surface area (Å²) in [7, 11) is 1.51. The number of methoxy groups -OCH3 is 1. The molecule has 3 aromatic rings. The van der Waals surface area contributed by atoms with Crippen LogP contribution >= 0.6 is 23.2 Å². The van der Waals surface area contributed by atoms with Gasteiger partial charge in [-0.1, -0.05) is 47.5 Å². The number of ether oxygens (including phenoxy) is 3. The van der Waals surface area contributed by atoms with Crippen LogP contribution in [0.15, 0.2) is 71.4 Å². The average Bonchev–Trinajstić information content (AvgIpc) is 3.13. The number of benzene rings is 3. The highest BCUT2D eigenvalue weighted by molar-refractivity contribution is 6.35. The van der Waals surface area contributed by atoms with E-state index in [0.29, 0.717) is 27.1 Å². The van der Waals surface area contributed by atoms with Gasteiger partial charge in [-0.05, 0) is 48.0 Å². The van der Waals surface area contributed by atoms with E-state index in [1.165, 1.54) is 25.3 Å². The molecule has 3 aromatic carbocycles. The largest absolute Gasteiger partial charge is 0.493 e. The summed E-state index contributed by atoms with van der Waals surface area (Å²) in [6.45, 7) is 0.218. The van der Waals surface area contributed by atoms with Crippen LogP contribution in [0.4, 0.5) is 4.39 Å². The normalized spacial score (nSPS) is 14.3. The standard InChI is InChI=1S/C24H16Cl2FNO4/c1-30-22-11-14(6-9-21(22)31-13-15-7-8-16(25)12-18(15)26)10-20-24(29)32-23(28-20)17-4-2-3-5-19(17)27/h2-12H,13H2,1H3/b20-10+. The second-order valence-corrected chi connectivity index (χ2v) is 7.59. The van der Waals surface area contributed by atoms with E-state index >= 15 is 0 Å². The quantitative estimate of drug-likeness (QED) is 0.323. The molecule has 0 radical (unpaired) electrons. The van der Waals surface area contributed by atoms with E-state index in [0.717, 1.165) is 5.56 Å². The molecule has 0 amide bonds. The molecule has 0 saturated heterocycles. The number of cyclic esters (lactones) is 1. The number of aliphatic imine (C=N–C) groups is 1. The van der Waals surface area contributed by atoms with Gasteiger partial charge in [0.1, 0.15) is 12.4 Å². The number of esters is 1. The fourth-order valence-corrected chi connectivity index (χ4v) is 3.47. The summed E-state index contributed by atoms with van der Waals surface area (Å²) >= 11 is 12.1. The fraction of sp³-hybridized carbons (Fsp3) is 0.0833. The number of hydrogen-bond donors (Lipinski definition) is 0. The molecule has 8 heteroatoms. The Balaban J connectivity index is 1.55. The van der Waals surface area contributed by atoms with E-state index in [1.807, 2.05) is 0 Å². The van der Waals surface area contributed by atoms with Crippen molar-refractivity contribution in [2.45, 2.75) is 6.61 Å². The van der Waals surface area contributed by atoms with Crippen molar-refractivity contribution in [1.82, 2.24) is 0 Å². The van der Waals surface area contributed by atoms with Gasteiger partial charge in [0.15, 0.2) is 17.2 Å². The van der Waals surface area contributed by atoms with Gasteiger partial charge >= 0.3 is 5.97 Å². The molecule has 0 aliphatic carbocycles. The minimum absolute atomic E-state index is 0.0481. The third kappa shape index (κ3) is 4.77. The van der Waals surface area contributed by atoms with E-state index < -0.39 is 11.8 Å². The average molecular weight is 472 g/mol. The summed E-state index contributed by atoms with van der Waals surface area (Å²) in [5.41, 5.74) is 1.57. The number of rotatable bonds is 6. The van der Waals surface area contributed by atoms with Crippen LogP contribution in [-0.2, 0) is 16.1 Å². The monoisotopic (exact) mass is 471 g/mol. The maximum absolute atomic E-state index is 14.0. The number of carbonyl (C=O) groups is 1. The third-order valence-corrected chi connectivity index (χ3v) is 5.20. The molecule has 0 aromatic heterocycles. The van der Waals surface area contributed by atoms with Crippen molar-refractivity contribution in [2.24, 2.45) is 4.99 Å². The van der Waals surface area contributed by atoms with E-state index in [2.05, 4.69) is 4.99 Å². The van der Waals surface area contributed by atoms with Crippen molar-refractivity contribution in [1.29, 1.82) is 0 Å². The van der Waals surface area contributed by atoms with Crippen LogP contribution in [0.2, 0.25) is 10.0 Å². The molecule has 0 atom stereocenters. The Kier molecular flexibility index (Phi) is 6.44. The SMILES string of the molecule is COc1cc(/C=C2/N=C(c3ccccc3F)OC2=O)ccc1OCc1ccc(Cl)cc1Cl. The molecule has 1 heterocycles. The van der Waals surface area contributed by atoms with Crippen LogP contribution in [0, 0.1) is 5.82 Å². The maximum atomic E-state index is 14.0. The van der Waals surface area contributed by atoms with E-state index in [-0.39, 0.29) is 23.8 Å². The summed E-state index contributed by atoms with van der Waals surface area (Å²) in [5.74, 6) is -0.324. The second kappa shape index (κ2) is 9.42. The smallest absolute Gasteiger partial charge is 0.363 e. The highest BCUT2D eigenvalue weighted by Gasteiger charge is 2.26. The zero-order chi connectivity index (χ0) is 22.7. The van der Waals surface area contributed by atoms with Gasteiger partial charge in [0.2, 0.25) is 5.90 Å². The van der Waals surface area contributed by atoms with E-state index in [4.69, 9.17) is 37.4 Å².